The van der Waals surface area contributed by atoms with Crippen LogP contribution >= 0.6 is 15.9 Å². The number of carbonyl (C=O) groups is 1. The first-order chi connectivity index (χ1) is 8.97. The summed E-state index contributed by atoms with van der Waals surface area (Å²) in [6.07, 6.45) is 2.47. The van der Waals surface area contributed by atoms with Crippen LogP contribution in [-0.4, -0.2) is 12.4 Å². The van der Waals surface area contributed by atoms with Gasteiger partial charge in [-0.1, -0.05) is 15.9 Å². The number of halogens is 1. The van der Waals surface area contributed by atoms with Gasteiger partial charge in [0.05, 0.1) is 23.9 Å². The Morgan fingerprint density at radius 3 is 2.79 bits per heavy atom. The highest BCUT2D eigenvalue weighted by Crippen LogP contribution is 2.49. The average molecular weight is 323 g/mol. The van der Waals surface area contributed by atoms with Crippen molar-refractivity contribution in [1.29, 1.82) is 5.26 Å². The van der Waals surface area contributed by atoms with Crippen LogP contribution in [0.15, 0.2) is 16.6 Å². The molecule has 0 saturated heterocycles. The summed E-state index contributed by atoms with van der Waals surface area (Å²) in [5.74, 6) is 0.341. The Labute approximate surface area is 120 Å². The van der Waals surface area contributed by atoms with Crippen molar-refractivity contribution in [3.8, 4) is 11.8 Å². The van der Waals surface area contributed by atoms with Crippen LogP contribution in [0.4, 0.5) is 5.69 Å². The first-order valence-corrected chi connectivity index (χ1v) is 6.86. The first-order valence-electron chi connectivity index (χ1n) is 6.07. The Balaban J connectivity index is 2.20. The van der Waals surface area contributed by atoms with Crippen LogP contribution in [0.2, 0.25) is 0 Å². The van der Waals surface area contributed by atoms with Crippen LogP contribution in [0.1, 0.15) is 36.5 Å². The number of Topliss-reactive ketones (excluding diaryl/α,β-unsaturated/α-hetero) is 1. The maximum absolute atomic E-state index is 11.6. The lowest BCUT2D eigenvalue weighted by Crippen LogP contribution is -2.15. The Morgan fingerprint density at radius 2 is 2.26 bits per heavy atom. The van der Waals surface area contributed by atoms with Crippen molar-refractivity contribution < 1.29 is 9.53 Å². The summed E-state index contributed by atoms with van der Waals surface area (Å²) in [5, 5.41) is 8.78. The molecule has 1 saturated carbocycles. The number of nitrogen functional groups attached to an aromatic ring is 1. The molecule has 0 radical (unpaired) electrons. The molecule has 1 aromatic carbocycles. The lowest BCUT2D eigenvalue weighted by atomic mass is 10.1. The van der Waals surface area contributed by atoms with E-state index in [1.165, 1.54) is 6.92 Å². The molecule has 2 N–H and O–H groups in total. The summed E-state index contributed by atoms with van der Waals surface area (Å²) in [6, 6.07) is 5.60. The molecule has 1 fully saturated rings. The normalized spacial score (nSPS) is 15.6. The Hall–Kier alpha value is -1.54. The highest BCUT2D eigenvalue weighted by molar-refractivity contribution is 9.10. The molecule has 1 aliphatic carbocycles. The predicted molar refractivity (Wildman–Crippen MR) is 76.0 cm³/mol. The van der Waals surface area contributed by atoms with E-state index in [-0.39, 0.29) is 11.2 Å². The summed E-state index contributed by atoms with van der Waals surface area (Å²) in [5.41, 5.74) is 6.78. The van der Waals surface area contributed by atoms with Crippen molar-refractivity contribution >= 4 is 27.4 Å². The second kappa shape index (κ2) is 5.22. The number of benzene rings is 1. The molecule has 0 bridgehead atoms. The Bertz CT molecular complexity index is 559. The number of ketones is 1. The molecular weight excluding hydrogens is 308 g/mol. The van der Waals surface area contributed by atoms with Crippen LogP contribution in [0.3, 0.4) is 0 Å². The van der Waals surface area contributed by atoms with Gasteiger partial charge in [-0.2, -0.15) is 5.26 Å². The number of rotatable bonds is 5. The third-order valence-electron chi connectivity index (χ3n) is 3.40. The third-order valence-corrected chi connectivity index (χ3v) is 3.85. The van der Waals surface area contributed by atoms with Crippen molar-refractivity contribution in [3.63, 3.8) is 0 Å². The van der Waals surface area contributed by atoms with E-state index in [4.69, 9.17) is 15.7 Å². The SMILES string of the molecule is CC(=O)c1cc(Br)cc(N)c1OCC1(CC#N)CC1. The van der Waals surface area contributed by atoms with E-state index in [9.17, 15) is 4.79 Å². The largest absolute Gasteiger partial charge is 0.490 e. The van der Waals surface area contributed by atoms with E-state index >= 15 is 0 Å². The van der Waals surface area contributed by atoms with Gasteiger partial charge in [0.2, 0.25) is 0 Å². The van der Waals surface area contributed by atoms with Gasteiger partial charge in [0.1, 0.15) is 0 Å². The zero-order valence-corrected chi connectivity index (χ0v) is 12.3. The minimum atomic E-state index is -0.0897. The van der Waals surface area contributed by atoms with Crippen molar-refractivity contribution in [2.45, 2.75) is 26.2 Å². The van der Waals surface area contributed by atoms with E-state index in [1.54, 1.807) is 12.1 Å². The van der Waals surface area contributed by atoms with Crippen molar-refractivity contribution in [3.05, 3.63) is 22.2 Å². The van der Waals surface area contributed by atoms with Gasteiger partial charge in [-0.25, -0.2) is 0 Å². The fourth-order valence-electron chi connectivity index (χ4n) is 1.98. The lowest BCUT2D eigenvalue weighted by Gasteiger charge is -2.17. The molecule has 0 unspecified atom stereocenters. The number of nitrogens with zero attached hydrogens (tertiary/aromatic N) is 1. The fourth-order valence-corrected chi connectivity index (χ4v) is 2.45. The van der Waals surface area contributed by atoms with Crippen molar-refractivity contribution in [1.82, 2.24) is 0 Å². The molecule has 19 heavy (non-hydrogen) atoms. The van der Waals surface area contributed by atoms with E-state index in [2.05, 4.69) is 22.0 Å². The zero-order chi connectivity index (χ0) is 14.0. The topological polar surface area (TPSA) is 76.1 Å². The summed E-state index contributed by atoms with van der Waals surface area (Å²) in [4.78, 5) is 11.6. The maximum Gasteiger partial charge on any atom is 0.163 e. The minimum absolute atomic E-state index is 0.0394. The van der Waals surface area contributed by atoms with Gasteiger partial charge in [-0.05, 0) is 31.9 Å². The molecule has 1 aliphatic rings. The molecule has 2 rings (SSSR count). The monoisotopic (exact) mass is 322 g/mol. The number of carbonyl (C=O) groups excluding carboxylic acids is 1. The fraction of sp³-hybridized carbons (Fsp3) is 0.429. The predicted octanol–water partition coefficient (Wildman–Crippen LogP) is 3.31. The lowest BCUT2D eigenvalue weighted by molar-refractivity contribution is 0.101. The quantitative estimate of drug-likeness (QED) is 0.666. The smallest absolute Gasteiger partial charge is 0.163 e. The Kier molecular flexibility index (Phi) is 3.81. The average Bonchev–Trinajstić information content (AvgIpc) is 3.07. The summed E-state index contributed by atoms with van der Waals surface area (Å²) >= 11 is 3.31. The summed E-state index contributed by atoms with van der Waals surface area (Å²) < 4.78 is 6.50. The molecule has 0 atom stereocenters. The van der Waals surface area contributed by atoms with E-state index in [1.807, 2.05) is 0 Å². The van der Waals surface area contributed by atoms with Gasteiger partial charge >= 0.3 is 0 Å². The van der Waals surface area contributed by atoms with Crippen molar-refractivity contribution in [2.75, 3.05) is 12.3 Å². The van der Waals surface area contributed by atoms with Gasteiger partial charge in [0, 0.05) is 16.3 Å². The third kappa shape index (κ3) is 3.07. The highest BCUT2D eigenvalue weighted by Gasteiger charge is 2.43. The van der Waals surface area contributed by atoms with Crippen LogP contribution in [-0.2, 0) is 0 Å². The molecule has 0 spiro atoms. The molecule has 1 aromatic rings. The number of anilines is 1. The van der Waals surface area contributed by atoms with Crippen LogP contribution in [0, 0.1) is 16.7 Å². The number of nitriles is 1. The van der Waals surface area contributed by atoms with Gasteiger partial charge in [0.15, 0.2) is 11.5 Å². The van der Waals surface area contributed by atoms with Gasteiger partial charge < -0.3 is 10.5 Å². The second-order valence-corrected chi connectivity index (χ2v) is 5.97. The minimum Gasteiger partial charge on any atom is -0.490 e. The molecular formula is C14H15BrN2O2. The molecule has 0 amide bonds. The number of hydrogen-bond donors (Lipinski definition) is 1. The van der Waals surface area contributed by atoms with Gasteiger partial charge in [-0.15, -0.1) is 0 Å². The summed E-state index contributed by atoms with van der Waals surface area (Å²) in [6.45, 7) is 1.92. The molecule has 0 heterocycles. The van der Waals surface area contributed by atoms with Crippen LogP contribution in [0.5, 0.6) is 5.75 Å². The number of ether oxygens (including phenoxy) is 1. The van der Waals surface area contributed by atoms with Crippen molar-refractivity contribution in [2.24, 2.45) is 5.41 Å². The molecule has 0 aliphatic heterocycles. The number of nitrogens with two attached hydrogens (primary N) is 1. The van der Waals surface area contributed by atoms with Crippen LogP contribution in [0.25, 0.3) is 0 Å². The maximum atomic E-state index is 11.6. The molecule has 5 heteroatoms. The highest BCUT2D eigenvalue weighted by atomic mass is 79.9. The van der Waals surface area contributed by atoms with E-state index < -0.39 is 0 Å². The second-order valence-electron chi connectivity index (χ2n) is 5.05. The standard InChI is InChI=1S/C14H15BrN2O2/c1-9(18)11-6-10(15)7-12(17)13(11)19-8-14(2-3-14)4-5-16/h6-7H,2-4,8,17H2,1H3. The first kappa shape index (κ1) is 13.9. The molecule has 100 valence electrons. The molecule has 0 aromatic heterocycles. The number of hydrogen-bond acceptors (Lipinski definition) is 4. The zero-order valence-electron chi connectivity index (χ0n) is 10.7. The molecule has 4 nitrogen and oxygen atoms in total. The van der Waals surface area contributed by atoms with Gasteiger partial charge in [0.25, 0.3) is 0 Å². The van der Waals surface area contributed by atoms with Gasteiger partial charge in [-0.3, -0.25) is 4.79 Å². The summed E-state index contributed by atoms with van der Waals surface area (Å²) in [7, 11) is 0. The van der Waals surface area contributed by atoms with E-state index in [0.717, 1.165) is 17.3 Å². The Morgan fingerprint density at radius 1 is 1.58 bits per heavy atom. The van der Waals surface area contributed by atoms with Crippen LogP contribution < -0.4 is 10.5 Å². The van der Waals surface area contributed by atoms with E-state index in [0.29, 0.717) is 30.0 Å².